The standard InChI is InChI=1S/C18H28O2.C2H6/c1-12(14-8-6-5-7-9-14)17(20)16-11-18(3,4)10-15(16)13(2)19;1-2/h6,8,12,14-16H,5,7,9-11H2,1-4H3;1-2H3/t12-,14?,15?,16?;/m0./s1. The zero-order chi connectivity index (χ0) is 16.9. The van der Waals surface area contributed by atoms with Crippen molar-refractivity contribution >= 4 is 11.6 Å². The van der Waals surface area contributed by atoms with Gasteiger partial charge in [-0.25, -0.2) is 0 Å². The summed E-state index contributed by atoms with van der Waals surface area (Å²) in [6.45, 7) is 12.1. The van der Waals surface area contributed by atoms with Crippen molar-refractivity contribution in [1.29, 1.82) is 0 Å². The summed E-state index contributed by atoms with van der Waals surface area (Å²) in [5.41, 5.74) is 0.124. The summed E-state index contributed by atoms with van der Waals surface area (Å²) in [7, 11) is 0. The fraction of sp³-hybridized carbons (Fsp3) is 0.800. The number of allylic oxidation sites excluding steroid dienone is 2. The van der Waals surface area contributed by atoms with Gasteiger partial charge in [-0.2, -0.15) is 0 Å². The molecule has 0 heterocycles. The van der Waals surface area contributed by atoms with Gasteiger partial charge in [-0.05, 0) is 50.4 Å². The summed E-state index contributed by atoms with van der Waals surface area (Å²) < 4.78 is 0. The van der Waals surface area contributed by atoms with Crippen LogP contribution in [0, 0.1) is 29.1 Å². The Hall–Kier alpha value is -0.920. The largest absolute Gasteiger partial charge is 0.300 e. The minimum atomic E-state index is -0.0486. The van der Waals surface area contributed by atoms with Gasteiger partial charge in [0.2, 0.25) is 0 Å². The van der Waals surface area contributed by atoms with Gasteiger partial charge in [-0.3, -0.25) is 9.59 Å². The van der Waals surface area contributed by atoms with E-state index in [0.717, 1.165) is 25.7 Å². The van der Waals surface area contributed by atoms with Crippen LogP contribution in [0.1, 0.15) is 73.6 Å². The minimum Gasteiger partial charge on any atom is -0.300 e. The normalized spacial score (nSPS) is 31.1. The summed E-state index contributed by atoms with van der Waals surface area (Å²) in [5.74, 6) is 0.868. The van der Waals surface area contributed by atoms with E-state index < -0.39 is 0 Å². The van der Waals surface area contributed by atoms with E-state index in [0.29, 0.717) is 11.7 Å². The third-order valence-corrected chi connectivity index (χ3v) is 5.30. The maximum absolute atomic E-state index is 12.9. The van der Waals surface area contributed by atoms with Gasteiger partial charge in [0.05, 0.1) is 0 Å². The lowest BCUT2D eigenvalue weighted by molar-refractivity contribution is -0.133. The average molecular weight is 306 g/mol. The Labute approximate surface area is 136 Å². The third kappa shape index (κ3) is 4.54. The first-order valence-electron chi connectivity index (χ1n) is 9.03. The van der Waals surface area contributed by atoms with Crippen LogP contribution in [-0.2, 0) is 9.59 Å². The topological polar surface area (TPSA) is 34.1 Å². The first-order chi connectivity index (χ1) is 10.3. The molecule has 0 aromatic carbocycles. The zero-order valence-corrected chi connectivity index (χ0v) is 15.3. The van der Waals surface area contributed by atoms with Gasteiger partial charge in [0.1, 0.15) is 11.6 Å². The van der Waals surface area contributed by atoms with Gasteiger partial charge in [-0.1, -0.05) is 46.8 Å². The van der Waals surface area contributed by atoms with E-state index in [2.05, 4.69) is 32.9 Å². The van der Waals surface area contributed by atoms with Crippen molar-refractivity contribution in [3.8, 4) is 0 Å². The summed E-state index contributed by atoms with van der Waals surface area (Å²) in [4.78, 5) is 24.7. The number of Topliss-reactive ketones (excluding diaryl/α,β-unsaturated/α-hetero) is 2. The smallest absolute Gasteiger partial charge is 0.140 e. The summed E-state index contributed by atoms with van der Waals surface area (Å²) in [5, 5.41) is 0. The van der Waals surface area contributed by atoms with Crippen LogP contribution < -0.4 is 0 Å². The summed E-state index contributed by atoms with van der Waals surface area (Å²) in [6, 6.07) is 0. The van der Waals surface area contributed by atoms with E-state index in [-0.39, 0.29) is 29.0 Å². The Kier molecular flexibility index (Phi) is 7.02. The van der Waals surface area contributed by atoms with Crippen LogP contribution in [0.3, 0.4) is 0 Å². The van der Waals surface area contributed by atoms with Crippen LogP contribution in [0.2, 0.25) is 0 Å². The highest BCUT2D eigenvalue weighted by Gasteiger charge is 2.46. The van der Waals surface area contributed by atoms with Crippen LogP contribution in [0.15, 0.2) is 12.2 Å². The second-order valence-corrected chi connectivity index (χ2v) is 7.61. The maximum Gasteiger partial charge on any atom is 0.140 e. The van der Waals surface area contributed by atoms with Crippen LogP contribution in [-0.4, -0.2) is 11.6 Å². The van der Waals surface area contributed by atoms with Crippen molar-refractivity contribution in [3.05, 3.63) is 12.2 Å². The third-order valence-electron chi connectivity index (χ3n) is 5.30. The molecule has 0 saturated heterocycles. The second-order valence-electron chi connectivity index (χ2n) is 7.61. The highest BCUT2D eigenvalue weighted by Crippen LogP contribution is 2.47. The molecule has 0 bridgehead atoms. The predicted octanol–water partition coefficient (Wildman–Crippen LogP) is 5.22. The lowest BCUT2D eigenvalue weighted by atomic mass is 9.76. The molecule has 0 N–H and O–H groups in total. The molecule has 3 unspecified atom stereocenters. The molecule has 2 rings (SSSR count). The van der Waals surface area contributed by atoms with E-state index in [1.54, 1.807) is 6.92 Å². The highest BCUT2D eigenvalue weighted by atomic mass is 16.1. The molecule has 0 aliphatic heterocycles. The van der Waals surface area contributed by atoms with E-state index in [9.17, 15) is 9.59 Å². The van der Waals surface area contributed by atoms with Crippen molar-refractivity contribution in [3.63, 3.8) is 0 Å². The number of rotatable bonds is 4. The molecule has 2 aliphatic rings. The lowest BCUT2D eigenvalue weighted by Crippen LogP contribution is -2.31. The SMILES string of the molecule is CC.CC(=O)C1CC(C)(C)CC1C(=O)[C@@H](C)C1C=CCCC1. The number of ketones is 2. The summed E-state index contributed by atoms with van der Waals surface area (Å²) in [6.07, 6.45) is 9.61. The van der Waals surface area contributed by atoms with Gasteiger partial charge < -0.3 is 0 Å². The van der Waals surface area contributed by atoms with Gasteiger partial charge in [0, 0.05) is 17.8 Å². The first kappa shape index (κ1) is 19.1. The van der Waals surface area contributed by atoms with Crippen molar-refractivity contribution in [1.82, 2.24) is 0 Å². The van der Waals surface area contributed by atoms with Crippen LogP contribution in [0.5, 0.6) is 0 Å². The molecular weight excluding hydrogens is 272 g/mol. The molecule has 2 nitrogen and oxygen atoms in total. The van der Waals surface area contributed by atoms with E-state index in [1.165, 1.54) is 6.42 Å². The molecule has 0 aromatic rings. The van der Waals surface area contributed by atoms with Gasteiger partial charge in [-0.15, -0.1) is 0 Å². The Bertz CT molecular complexity index is 419. The maximum atomic E-state index is 12.9. The van der Waals surface area contributed by atoms with Gasteiger partial charge in [0.25, 0.3) is 0 Å². The Morgan fingerprint density at radius 1 is 1.14 bits per heavy atom. The molecular formula is C20H34O2. The number of hydrogen-bond acceptors (Lipinski definition) is 2. The minimum absolute atomic E-state index is 0.0483. The van der Waals surface area contributed by atoms with E-state index in [4.69, 9.17) is 0 Å². The average Bonchev–Trinajstić information content (AvgIpc) is 2.85. The predicted molar refractivity (Wildman–Crippen MR) is 92.7 cm³/mol. The molecule has 2 aliphatic carbocycles. The van der Waals surface area contributed by atoms with Crippen LogP contribution in [0.25, 0.3) is 0 Å². The lowest BCUT2D eigenvalue weighted by Gasteiger charge is -2.26. The fourth-order valence-corrected chi connectivity index (χ4v) is 4.09. The molecule has 4 atom stereocenters. The molecule has 1 fully saturated rings. The van der Waals surface area contributed by atoms with Crippen molar-refractivity contribution in [2.45, 2.75) is 73.6 Å². The van der Waals surface area contributed by atoms with Crippen molar-refractivity contribution in [2.24, 2.45) is 29.1 Å². The highest BCUT2D eigenvalue weighted by molar-refractivity contribution is 5.90. The first-order valence-corrected chi connectivity index (χ1v) is 9.03. The molecule has 0 aromatic heterocycles. The number of carbonyl (C=O) groups excluding carboxylic acids is 2. The Morgan fingerprint density at radius 3 is 2.23 bits per heavy atom. The fourth-order valence-electron chi connectivity index (χ4n) is 4.09. The number of hydrogen-bond donors (Lipinski definition) is 0. The van der Waals surface area contributed by atoms with Crippen LogP contribution >= 0.6 is 0 Å². The van der Waals surface area contributed by atoms with Gasteiger partial charge in [0.15, 0.2) is 0 Å². The van der Waals surface area contributed by atoms with Crippen LogP contribution in [0.4, 0.5) is 0 Å². The monoisotopic (exact) mass is 306 g/mol. The van der Waals surface area contributed by atoms with Crippen molar-refractivity contribution in [2.75, 3.05) is 0 Å². The zero-order valence-electron chi connectivity index (χ0n) is 15.3. The van der Waals surface area contributed by atoms with Crippen molar-refractivity contribution < 1.29 is 9.59 Å². The Balaban J connectivity index is 0.00000116. The van der Waals surface area contributed by atoms with Gasteiger partial charge >= 0.3 is 0 Å². The number of carbonyl (C=O) groups is 2. The molecule has 0 radical (unpaired) electrons. The quantitative estimate of drug-likeness (QED) is 0.668. The molecule has 126 valence electrons. The second kappa shape index (κ2) is 8.08. The molecule has 2 heteroatoms. The van der Waals surface area contributed by atoms with E-state index >= 15 is 0 Å². The Morgan fingerprint density at radius 2 is 1.73 bits per heavy atom. The molecule has 0 amide bonds. The van der Waals surface area contributed by atoms with E-state index in [1.807, 2.05) is 13.8 Å². The summed E-state index contributed by atoms with van der Waals surface area (Å²) >= 11 is 0. The molecule has 1 saturated carbocycles. The molecule has 0 spiro atoms. The molecule has 22 heavy (non-hydrogen) atoms.